The summed E-state index contributed by atoms with van der Waals surface area (Å²) in [6.45, 7) is 5.90. The average Bonchev–Trinajstić information content (AvgIpc) is 2.97. The molecule has 0 saturated carbocycles. The van der Waals surface area contributed by atoms with Gasteiger partial charge in [-0.3, -0.25) is 9.59 Å². The summed E-state index contributed by atoms with van der Waals surface area (Å²) < 4.78 is 2.18. The van der Waals surface area contributed by atoms with Crippen LogP contribution < -0.4 is 0 Å². The molecule has 2 amide bonds. The number of rotatable bonds is 2. The van der Waals surface area contributed by atoms with Crippen LogP contribution in [-0.4, -0.2) is 45.1 Å². The Labute approximate surface area is 124 Å². The Balaban J connectivity index is 1.82. The fourth-order valence-corrected chi connectivity index (χ4v) is 3.02. The van der Waals surface area contributed by atoms with Gasteiger partial charge in [0.05, 0.1) is 6.04 Å². The van der Waals surface area contributed by atoms with Gasteiger partial charge in [0.2, 0.25) is 5.91 Å². The Kier molecular flexibility index (Phi) is 3.53. The topological polar surface area (TPSA) is 57.9 Å². The third-order valence-corrected chi connectivity index (χ3v) is 4.25. The molecule has 1 aromatic heterocycles. The van der Waals surface area contributed by atoms with Gasteiger partial charge >= 0.3 is 0 Å². The molecule has 6 heteroatoms. The summed E-state index contributed by atoms with van der Waals surface area (Å²) in [4.78, 5) is 26.2. The minimum absolute atomic E-state index is 0.00498. The maximum atomic E-state index is 12.7. The van der Waals surface area contributed by atoms with Gasteiger partial charge in [0, 0.05) is 44.4 Å². The Morgan fingerprint density at radius 1 is 1.38 bits per heavy atom. The van der Waals surface area contributed by atoms with Crippen LogP contribution in [0.4, 0.5) is 0 Å². The molecule has 0 aliphatic carbocycles. The van der Waals surface area contributed by atoms with E-state index in [1.165, 1.54) is 5.01 Å². The van der Waals surface area contributed by atoms with Crippen LogP contribution in [-0.2, 0) is 16.1 Å². The molecular weight excluding hydrogens is 268 g/mol. The number of hydrazone groups is 1. The van der Waals surface area contributed by atoms with Gasteiger partial charge in [-0.15, -0.1) is 0 Å². The monoisotopic (exact) mass is 288 g/mol. The summed E-state index contributed by atoms with van der Waals surface area (Å²) in [6.07, 6.45) is 2.86. The fourth-order valence-electron chi connectivity index (χ4n) is 3.02. The molecule has 0 saturated heterocycles. The van der Waals surface area contributed by atoms with Crippen molar-refractivity contribution in [3.05, 3.63) is 24.0 Å². The highest BCUT2D eigenvalue weighted by atomic mass is 16.2. The molecular formula is C15H20N4O2. The van der Waals surface area contributed by atoms with Gasteiger partial charge in [-0.05, 0) is 26.0 Å². The predicted molar refractivity (Wildman–Crippen MR) is 78.6 cm³/mol. The van der Waals surface area contributed by atoms with Crippen LogP contribution in [0.15, 0.2) is 23.4 Å². The summed E-state index contributed by atoms with van der Waals surface area (Å²) in [5, 5.41) is 5.63. The van der Waals surface area contributed by atoms with Crippen molar-refractivity contribution in [3.8, 4) is 0 Å². The van der Waals surface area contributed by atoms with Crippen molar-refractivity contribution < 1.29 is 9.59 Å². The molecule has 0 N–H and O–H groups in total. The molecule has 1 aromatic rings. The summed E-state index contributed by atoms with van der Waals surface area (Å²) >= 11 is 0. The first-order valence-corrected chi connectivity index (χ1v) is 7.45. The van der Waals surface area contributed by atoms with Gasteiger partial charge in [-0.25, -0.2) is 5.01 Å². The first kappa shape index (κ1) is 13.9. The number of aromatic nitrogens is 1. The third kappa shape index (κ3) is 2.34. The second-order valence-electron chi connectivity index (χ2n) is 5.46. The Bertz CT molecular complexity index is 605. The largest absolute Gasteiger partial charge is 0.348 e. The van der Waals surface area contributed by atoms with E-state index in [9.17, 15) is 9.59 Å². The molecule has 2 aliphatic heterocycles. The lowest BCUT2D eigenvalue weighted by molar-refractivity contribution is -0.132. The standard InChI is InChI=1S/C15H20N4O2/c1-3-19-14(20)7-6-12(16-19)15(21)18-10-9-17-8-4-5-13(17)11(18)2/h4-5,8,11H,3,6-7,9-10H2,1-2H3. The molecule has 3 heterocycles. The predicted octanol–water partition coefficient (Wildman–Crippen LogP) is 1.39. The van der Waals surface area contributed by atoms with Crippen molar-refractivity contribution in [2.24, 2.45) is 5.10 Å². The Morgan fingerprint density at radius 3 is 2.95 bits per heavy atom. The van der Waals surface area contributed by atoms with Gasteiger partial charge in [0.1, 0.15) is 5.71 Å². The van der Waals surface area contributed by atoms with E-state index >= 15 is 0 Å². The minimum Gasteiger partial charge on any atom is -0.348 e. The van der Waals surface area contributed by atoms with Crippen molar-refractivity contribution in [1.29, 1.82) is 0 Å². The van der Waals surface area contributed by atoms with E-state index in [1.54, 1.807) is 0 Å². The van der Waals surface area contributed by atoms with E-state index in [1.807, 2.05) is 31.0 Å². The molecule has 1 unspecified atom stereocenters. The summed E-state index contributed by atoms with van der Waals surface area (Å²) in [5.74, 6) is -0.0458. The maximum absolute atomic E-state index is 12.7. The fraction of sp³-hybridized carbons (Fsp3) is 0.533. The molecule has 3 rings (SSSR count). The van der Waals surface area contributed by atoms with Crippen LogP contribution in [0.25, 0.3) is 0 Å². The second-order valence-corrected chi connectivity index (χ2v) is 5.46. The highest BCUT2D eigenvalue weighted by Gasteiger charge is 2.32. The van der Waals surface area contributed by atoms with Crippen molar-refractivity contribution >= 4 is 17.5 Å². The lowest BCUT2D eigenvalue weighted by Gasteiger charge is -2.36. The quantitative estimate of drug-likeness (QED) is 0.825. The first-order chi connectivity index (χ1) is 10.1. The molecule has 0 bridgehead atoms. The summed E-state index contributed by atoms with van der Waals surface area (Å²) in [7, 11) is 0. The minimum atomic E-state index is -0.0408. The average molecular weight is 288 g/mol. The number of carbonyl (C=O) groups is 2. The molecule has 0 radical (unpaired) electrons. The molecule has 112 valence electrons. The molecule has 2 aliphatic rings. The molecule has 0 spiro atoms. The van der Waals surface area contributed by atoms with E-state index in [0.717, 1.165) is 12.2 Å². The van der Waals surface area contributed by atoms with E-state index < -0.39 is 0 Å². The number of hydrogen-bond donors (Lipinski definition) is 0. The van der Waals surface area contributed by atoms with E-state index in [2.05, 4.69) is 15.7 Å². The van der Waals surface area contributed by atoms with Crippen LogP contribution in [0.2, 0.25) is 0 Å². The zero-order valence-electron chi connectivity index (χ0n) is 12.5. The van der Waals surface area contributed by atoms with Crippen molar-refractivity contribution in [2.45, 2.75) is 39.3 Å². The number of hydrogen-bond acceptors (Lipinski definition) is 3. The molecule has 0 aromatic carbocycles. The van der Waals surface area contributed by atoms with E-state index in [4.69, 9.17) is 0 Å². The number of nitrogens with zero attached hydrogens (tertiary/aromatic N) is 4. The van der Waals surface area contributed by atoms with Gasteiger partial charge in [-0.1, -0.05) is 0 Å². The van der Waals surface area contributed by atoms with E-state index in [-0.39, 0.29) is 17.9 Å². The zero-order valence-corrected chi connectivity index (χ0v) is 12.5. The number of fused-ring (bicyclic) bond motifs is 1. The first-order valence-electron chi connectivity index (χ1n) is 7.45. The van der Waals surface area contributed by atoms with Gasteiger partial charge in [0.25, 0.3) is 5.91 Å². The maximum Gasteiger partial charge on any atom is 0.270 e. The second kappa shape index (κ2) is 5.35. The lowest BCUT2D eigenvalue weighted by Crippen LogP contribution is -2.46. The normalized spacial score (nSPS) is 22.1. The van der Waals surface area contributed by atoms with Gasteiger partial charge in [-0.2, -0.15) is 5.10 Å². The summed E-state index contributed by atoms with van der Waals surface area (Å²) in [6, 6.07) is 4.10. The zero-order chi connectivity index (χ0) is 15.0. The van der Waals surface area contributed by atoms with Crippen molar-refractivity contribution in [3.63, 3.8) is 0 Å². The number of carbonyl (C=O) groups excluding carboxylic acids is 2. The van der Waals surface area contributed by atoms with Crippen molar-refractivity contribution in [2.75, 3.05) is 13.1 Å². The smallest absolute Gasteiger partial charge is 0.270 e. The van der Waals surface area contributed by atoms with Crippen molar-refractivity contribution in [1.82, 2.24) is 14.5 Å². The van der Waals surface area contributed by atoms with E-state index in [0.29, 0.717) is 31.6 Å². The highest BCUT2D eigenvalue weighted by molar-refractivity contribution is 6.39. The lowest BCUT2D eigenvalue weighted by atomic mass is 10.1. The summed E-state index contributed by atoms with van der Waals surface area (Å²) in [5.41, 5.74) is 1.65. The Hall–Kier alpha value is -2.11. The van der Waals surface area contributed by atoms with Crippen LogP contribution in [0.1, 0.15) is 38.4 Å². The van der Waals surface area contributed by atoms with Crippen LogP contribution in [0.5, 0.6) is 0 Å². The third-order valence-electron chi connectivity index (χ3n) is 4.25. The highest BCUT2D eigenvalue weighted by Crippen LogP contribution is 2.26. The number of amides is 2. The SMILES string of the molecule is CCN1N=C(C(=O)N2CCn3cccc3C2C)CCC1=O. The van der Waals surface area contributed by atoms with Crippen LogP contribution in [0, 0.1) is 0 Å². The van der Waals surface area contributed by atoms with Gasteiger partial charge in [0.15, 0.2) is 0 Å². The van der Waals surface area contributed by atoms with Gasteiger partial charge < -0.3 is 9.47 Å². The van der Waals surface area contributed by atoms with Crippen LogP contribution >= 0.6 is 0 Å². The molecule has 6 nitrogen and oxygen atoms in total. The molecule has 1 atom stereocenters. The Morgan fingerprint density at radius 2 is 2.19 bits per heavy atom. The van der Waals surface area contributed by atoms with Crippen LogP contribution in [0.3, 0.4) is 0 Å². The molecule has 21 heavy (non-hydrogen) atoms. The molecule has 0 fully saturated rings.